The molecule has 1 aliphatic heterocycles. The van der Waals surface area contributed by atoms with Crippen molar-refractivity contribution in [1.29, 1.82) is 0 Å². The first kappa shape index (κ1) is 22.5. The van der Waals surface area contributed by atoms with Crippen LogP contribution in [0, 0.1) is 0 Å². The van der Waals surface area contributed by atoms with E-state index in [4.69, 9.17) is 4.74 Å². The molecule has 34 heavy (non-hydrogen) atoms. The molecular formula is C25H25N5O2S2. The Morgan fingerprint density at radius 1 is 0.971 bits per heavy atom. The van der Waals surface area contributed by atoms with Crippen molar-refractivity contribution < 1.29 is 9.53 Å². The third-order valence-corrected chi connectivity index (χ3v) is 7.55. The quantitative estimate of drug-likeness (QED) is 0.356. The second-order valence-electron chi connectivity index (χ2n) is 7.78. The molecule has 174 valence electrons. The largest absolute Gasteiger partial charge is 0.495 e. The first-order valence-corrected chi connectivity index (χ1v) is 12.9. The number of thiophene rings is 1. The minimum atomic E-state index is 0.116. The lowest BCUT2D eigenvalue weighted by Gasteiger charge is -2.36. The lowest BCUT2D eigenvalue weighted by atomic mass is 10.2. The van der Waals surface area contributed by atoms with E-state index in [1.165, 1.54) is 11.8 Å². The van der Waals surface area contributed by atoms with Gasteiger partial charge in [0, 0.05) is 31.9 Å². The second-order valence-corrected chi connectivity index (χ2v) is 9.67. The molecule has 0 radical (unpaired) electrons. The maximum Gasteiger partial charge on any atom is 0.233 e. The van der Waals surface area contributed by atoms with Crippen molar-refractivity contribution >= 4 is 34.7 Å². The van der Waals surface area contributed by atoms with Crippen LogP contribution in [0.4, 0.5) is 5.69 Å². The molecule has 1 amide bonds. The number of hydrogen-bond acceptors (Lipinski definition) is 7. The van der Waals surface area contributed by atoms with Crippen LogP contribution in [0.3, 0.4) is 0 Å². The smallest absolute Gasteiger partial charge is 0.233 e. The van der Waals surface area contributed by atoms with Gasteiger partial charge in [-0.25, -0.2) is 0 Å². The number of piperazine rings is 1. The number of anilines is 1. The Balaban J connectivity index is 1.26. The maximum absolute atomic E-state index is 13.0. The Hall–Kier alpha value is -3.30. The van der Waals surface area contributed by atoms with E-state index in [0.717, 1.165) is 46.1 Å². The normalized spacial score (nSPS) is 13.8. The molecule has 0 unspecified atom stereocenters. The second kappa shape index (κ2) is 10.3. The predicted molar refractivity (Wildman–Crippen MR) is 137 cm³/mol. The van der Waals surface area contributed by atoms with Crippen molar-refractivity contribution in [2.75, 3.05) is 43.9 Å². The lowest BCUT2D eigenvalue weighted by molar-refractivity contribution is -0.128. The number of rotatable bonds is 7. The number of methoxy groups -OCH3 is 1. The fraction of sp³-hybridized carbons (Fsp3) is 0.240. The highest BCUT2D eigenvalue weighted by Crippen LogP contribution is 2.31. The Morgan fingerprint density at radius 2 is 1.74 bits per heavy atom. The van der Waals surface area contributed by atoms with Crippen molar-refractivity contribution in [2.24, 2.45) is 0 Å². The van der Waals surface area contributed by atoms with Gasteiger partial charge in [-0.3, -0.25) is 9.36 Å². The molecule has 1 fully saturated rings. The van der Waals surface area contributed by atoms with Crippen LogP contribution in [0.1, 0.15) is 0 Å². The number of carbonyl (C=O) groups is 1. The van der Waals surface area contributed by atoms with E-state index in [-0.39, 0.29) is 5.91 Å². The Labute approximate surface area is 207 Å². The van der Waals surface area contributed by atoms with Crippen LogP contribution in [0.25, 0.3) is 16.4 Å². The Morgan fingerprint density at radius 3 is 2.47 bits per heavy atom. The average molecular weight is 492 g/mol. The Kier molecular flexibility index (Phi) is 6.82. The van der Waals surface area contributed by atoms with Crippen molar-refractivity contribution in [2.45, 2.75) is 5.16 Å². The van der Waals surface area contributed by atoms with Crippen LogP contribution in [0.15, 0.2) is 77.3 Å². The number of nitrogens with zero attached hydrogens (tertiary/aromatic N) is 5. The van der Waals surface area contributed by atoms with Gasteiger partial charge in [0.05, 0.1) is 23.4 Å². The molecule has 2 aromatic heterocycles. The third kappa shape index (κ3) is 4.67. The molecule has 0 N–H and O–H groups in total. The van der Waals surface area contributed by atoms with Crippen LogP contribution in [0.5, 0.6) is 5.75 Å². The van der Waals surface area contributed by atoms with Crippen molar-refractivity contribution in [3.05, 3.63) is 72.1 Å². The zero-order valence-electron chi connectivity index (χ0n) is 18.8. The number of hydrogen-bond donors (Lipinski definition) is 0. The van der Waals surface area contributed by atoms with E-state index >= 15 is 0 Å². The van der Waals surface area contributed by atoms with E-state index in [1.54, 1.807) is 18.4 Å². The molecule has 0 aliphatic carbocycles. The maximum atomic E-state index is 13.0. The zero-order valence-corrected chi connectivity index (χ0v) is 20.5. The van der Waals surface area contributed by atoms with E-state index in [0.29, 0.717) is 18.8 Å². The number of aromatic nitrogens is 3. The highest BCUT2D eigenvalue weighted by Gasteiger charge is 2.24. The lowest BCUT2D eigenvalue weighted by Crippen LogP contribution is -2.49. The number of carbonyl (C=O) groups excluding carboxylic acids is 1. The number of ether oxygens (including phenoxy) is 1. The molecule has 1 aliphatic rings. The van der Waals surface area contributed by atoms with Crippen LogP contribution < -0.4 is 9.64 Å². The molecule has 9 heteroatoms. The minimum absolute atomic E-state index is 0.116. The summed E-state index contributed by atoms with van der Waals surface area (Å²) in [6, 6.07) is 22.1. The molecule has 0 spiro atoms. The SMILES string of the molecule is COc1ccccc1N1CCN(C(=O)CSc2nnc(-c3cccs3)n2-c2ccccc2)CC1. The molecule has 5 rings (SSSR count). The molecular weight excluding hydrogens is 466 g/mol. The van der Waals surface area contributed by atoms with Gasteiger partial charge in [0.2, 0.25) is 5.91 Å². The number of para-hydroxylation sites is 3. The summed E-state index contributed by atoms with van der Waals surface area (Å²) in [5.41, 5.74) is 2.06. The summed E-state index contributed by atoms with van der Waals surface area (Å²) < 4.78 is 7.53. The van der Waals surface area contributed by atoms with Gasteiger partial charge >= 0.3 is 0 Å². The summed E-state index contributed by atoms with van der Waals surface area (Å²) in [6.07, 6.45) is 0. The van der Waals surface area contributed by atoms with Crippen LogP contribution >= 0.6 is 23.1 Å². The van der Waals surface area contributed by atoms with Crippen molar-refractivity contribution in [3.63, 3.8) is 0 Å². The van der Waals surface area contributed by atoms with E-state index < -0.39 is 0 Å². The van der Waals surface area contributed by atoms with E-state index in [1.807, 2.05) is 75.5 Å². The fourth-order valence-electron chi connectivity index (χ4n) is 4.04. The number of amides is 1. The van der Waals surface area contributed by atoms with Gasteiger partial charge in [-0.2, -0.15) is 0 Å². The van der Waals surface area contributed by atoms with Gasteiger partial charge in [-0.15, -0.1) is 21.5 Å². The third-order valence-electron chi connectivity index (χ3n) is 5.77. The summed E-state index contributed by atoms with van der Waals surface area (Å²) >= 11 is 3.06. The van der Waals surface area contributed by atoms with Crippen molar-refractivity contribution in [1.82, 2.24) is 19.7 Å². The summed E-state index contributed by atoms with van der Waals surface area (Å²) in [6.45, 7) is 2.92. The first-order valence-electron chi connectivity index (χ1n) is 11.1. The van der Waals surface area contributed by atoms with Gasteiger partial charge in [0.25, 0.3) is 0 Å². The van der Waals surface area contributed by atoms with Crippen LogP contribution in [-0.2, 0) is 4.79 Å². The molecule has 2 aromatic carbocycles. The molecule has 0 bridgehead atoms. The van der Waals surface area contributed by atoms with Crippen LogP contribution in [-0.4, -0.2) is 64.6 Å². The fourth-order valence-corrected chi connectivity index (χ4v) is 5.60. The zero-order chi connectivity index (χ0) is 23.3. The summed E-state index contributed by atoms with van der Waals surface area (Å²) in [5, 5.41) is 11.6. The molecule has 0 saturated carbocycles. The minimum Gasteiger partial charge on any atom is -0.495 e. The van der Waals surface area contributed by atoms with E-state index in [9.17, 15) is 4.79 Å². The average Bonchev–Trinajstić information content (AvgIpc) is 3.58. The predicted octanol–water partition coefficient (Wildman–Crippen LogP) is 4.45. The van der Waals surface area contributed by atoms with Crippen LogP contribution in [0.2, 0.25) is 0 Å². The monoisotopic (exact) mass is 491 g/mol. The molecule has 4 aromatic rings. The standard InChI is InChI=1S/C25H25N5O2S2/c1-32-21-11-6-5-10-20(21)28-13-15-29(16-14-28)23(31)18-34-25-27-26-24(22-12-7-17-33-22)30(25)19-8-3-2-4-9-19/h2-12,17H,13-16,18H2,1H3. The molecule has 7 nitrogen and oxygen atoms in total. The topological polar surface area (TPSA) is 63.5 Å². The number of benzene rings is 2. The Bertz CT molecular complexity index is 1240. The summed E-state index contributed by atoms with van der Waals surface area (Å²) in [4.78, 5) is 18.3. The van der Waals surface area contributed by atoms with Gasteiger partial charge in [0.1, 0.15) is 5.75 Å². The molecule has 0 atom stereocenters. The van der Waals surface area contributed by atoms with Gasteiger partial charge in [0.15, 0.2) is 11.0 Å². The highest BCUT2D eigenvalue weighted by atomic mass is 32.2. The van der Waals surface area contributed by atoms with Gasteiger partial charge < -0.3 is 14.5 Å². The first-order chi connectivity index (χ1) is 16.7. The molecule has 1 saturated heterocycles. The van der Waals surface area contributed by atoms with Gasteiger partial charge in [-0.05, 0) is 35.7 Å². The summed E-state index contributed by atoms with van der Waals surface area (Å²) in [7, 11) is 1.69. The molecule has 3 heterocycles. The summed E-state index contributed by atoms with van der Waals surface area (Å²) in [5.74, 6) is 2.09. The van der Waals surface area contributed by atoms with E-state index in [2.05, 4.69) is 21.2 Å². The van der Waals surface area contributed by atoms with Gasteiger partial charge in [-0.1, -0.05) is 48.2 Å². The number of thioether (sulfide) groups is 1. The highest BCUT2D eigenvalue weighted by molar-refractivity contribution is 7.99. The van der Waals surface area contributed by atoms with Crippen molar-refractivity contribution in [3.8, 4) is 22.1 Å².